The lowest BCUT2D eigenvalue weighted by Gasteiger charge is -2.13. The number of methoxy groups -OCH3 is 1. The number of carbonyl (C=O) groups excluding carboxylic acids is 1. The van der Waals surface area contributed by atoms with E-state index in [2.05, 4.69) is 15.4 Å². The van der Waals surface area contributed by atoms with Crippen LogP contribution >= 0.6 is 0 Å². The lowest BCUT2D eigenvalue weighted by atomic mass is 10.2. The fourth-order valence-corrected chi connectivity index (χ4v) is 3.10. The van der Waals surface area contributed by atoms with Crippen molar-refractivity contribution in [2.75, 3.05) is 27.2 Å². The second kappa shape index (κ2) is 6.42. The topological polar surface area (TPSA) is 96.5 Å². The van der Waals surface area contributed by atoms with E-state index in [4.69, 9.17) is 4.74 Å². The molecule has 1 fully saturated rings. The Kier molecular flexibility index (Phi) is 4.81. The lowest BCUT2D eigenvalue weighted by Crippen LogP contribution is -2.36. The molecule has 0 aliphatic carbocycles. The molecule has 1 aromatic rings. The lowest BCUT2D eigenvalue weighted by molar-refractivity contribution is 0.0940. The van der Waals surface area contributed by atoms with E-state index < -0.39 is 10.0 Å². The number of hydrogen-bond donors (Lipinski definition) is 3. The highest BCUT2D eigenvalue weighted by Gasteiger charge is 2.22. The predicted molar refractivity (Wildman–Crippen MR) is 78.0 cm³/mol. The van der Waals surface area contributed by atoms with E-state index >= 15 is 0 Å². The van der Waals surface area contributed by atoms with Crippen molar-refractivity contribution in [2.24, 2.45) is 0 Å². The number of carbonyl (C=O) groups is 1. The molecule has 2 rings (SSSR count). The minimum Gasteiger partial charge on any atom is -0.495 e. The highest BCUT2D eigenvalue weighted by atomic mass is 32.2. The number of amides is 1. The number of nitrogens with one attached hydrogen (secondary N) is 3. The maximum Gasteiger partial charge on any atom is 0.251 e. The number of benzene rings is 1. The average molecular weight is 313 g/mol. The van der Waals surface area contributed by atoms with Crippen molar-refractivity contribution >= 4 is 15.9 Å². The normalized spacial score (nSPS) is 18.5. The summed E-state index contributed by atoms with van der Waals surface area (Å²) < 4.78 is 31.2. The van der Waals surface area contributed by atoms with Crippen molar-refractivity contribution in [1.82, 2.24) is 15.4 Å². The molecule has 1 aliphatic rings. The largest absolute Gasteiger partial charge is 0.495 e. The number of rotatable bonds is 5. The molecule has 1 atom stereocenters. The van der Waals surface area contributed by atoms with Gasteiger partial charge in [0.1, 0.15) is 10.6 Å². The van der Waals surface area contributed by atoms with Gasteiger partial charge in [0.2, 0.25) is 10.0 Å². The fraction of sp³-hybridized carbons (Fsp3) is 0.462. The van der Waals surface area contributed by atoms with Crippen molar-refractivity contribution in [3.05, 3.63) is 23.8 Å². The molecule has 0 bridgehead atoms. The van der Waals surface area contributed by atoms with Crippen LogP contribution in [0.4, 0.5) is 0 Å². The molecule has 1 amide bonds. The maximum atomic E-state index is 12.2. The molecule has 0 aromatic heterocycles. The Bertz CT molecular complexity index is 624. The van der Waals surface area contributed by atoms with Crippen molar-refractivity contribution in [3.63, 3.8) is 0 Å². The summed E-state index contributed by atoms with van der Waals surface area (Å²) in [7, 11) is -0.997. The minimum atomic E-state index is -3.69. The Morgan fingerprint density at radius 3 is 2.76 bits per heavy atom. The Hall–Kier alpha value is -1.64. The zero-order chi connectivity index (χ0) is 15.5. The highest BCUT2D eigenvalue weighted by Crippen LogP contribution is 2.24. The molecule has 0 saturated carbocycles. The first kappa shape index (κ1) is 15.7. The van der Waals surface area contributed by atoms with Gasteiger partial charge in [0.25, 0.3) is 5.91 Å². The van der Waals surface area contributed by atoms with Crippen LogP contribution in [0.1, 0.15) is 16.8 Å². The van der Waals surface area contributed by atoms with Gasteiger partial charge < -0.3 is 15.4 Å². The second-order valence-electron chi connectivity index (χ2n) is 4.74. The predicted octanol–water partition coefficient (Wildman–Crippen LogP) is -0.305. The Morgan fingerprint density at radius 2 is 2.19 bits per heavy atom. The maximum absolute atomic E-state index is 12.2. The van der Waals surface area contributed by atoms with Crippen molar-refractivity contribution in [3.8, 4) is 5.75 Å². The van der Waals surface area contributed by atoms with Crippen LogP contribution in [-0.4, -0.2) is 47.6 Å². The fourth-order valence-electron chi connectivity index (χ4n) is 2.18. The summed E-state index contributed by atoms with van der Waals surface area (Å²) in [6.07, 6.45) is 0.865. The van der Waals surface area contributed by atoms with Gasteiger partial charge in [-0.1, -0.05) is 0 Å². The smallest absolute Gasteiger partial charge is 0.251 e. The molecular weight excluding hydrogens is 294 g/mol. The van der Waals surface area contributed by atoms with E-state index in [-0.39, 0.29) is 28.2 Å². The first-order chi connectivity index (χ1) is 9.97. The summed E-state index contributed by atoms with van der Waals surface area (Å²) in [5.74, 6) is -0.0951. The summed E-state index contributed by atoms with van der Waals surface area (Å²) in [6.45, 7) is 1.59. The molecule has 3 N–H and O–H groups in total. The molecule has 7 nitrogen and oxygen atoms in total. The number of hydrogen-bond acceptors (Lipinski definition) is 5. The van der Waals surface area contributed by atoms with E-state index in [1.807, 2.05) is 0 Å². The van der Waals surface area contributed by atoms with E-state index in [9.17, 15) is 13.2 Å². The molecule has 1 aromatic carbocycles. The van der Waals surface area contributed by atoms with Crippen LogP contribution < -0.4 is 20.1 Å². The van der Waals surface area contributed by atoms with E-state index in [0.717, 1.165) is 19.5 Å². The number of ether oxygens (including phenoxy) is 1. The monoisotopic (exact) mass is 313 g/mol. The zero-order valence-electron chi connectivity index (χ0n) is 12.0. The van der Waals surface area contributed by atoms with Crippen LogP contribution in [0, 0.1) is 0 Å². The Labute approximate surface area is 124 Å². The van der Waals surface area contributed by atoms with Crippen LogP contribution in [0.2, 0.25) is 0 Å². The summed E-state index contributed by atoms with van der Waals surface area (Å²) >= 11 is 0. The summed E-state index contributed by atoms with van der Waals surface area (Å²) in [5, 5.41) is 6.02. The van der Waals surface area contributed by atoms with Gasteiger partial charge in [-0.05, 0) is 38.2 Å². The molecule has 8 heteroatoms. The molecule has 1 heterocycles. The minimum absolute atomic E-state index is 0.0512. The highest BCUT2D eigenvalue weighted by molar-refractivity contribution is 7.89. The van der Waals surface area contributed by atoms with Crippen LogP contribution in [0.25, 0.3) is 0 Å². The van der Waals surface area contributed by atoms with Gasteiger partial charge in [0, 0.05) is 18.2 Å². The molecule has 0 radical (unpaired) electrons. The molecule has 1 aliphatic heterocycles. The molecular formula is C13H19N3O4S. The quantitative estimate of drug-likeness (QED) is 0.693. The van der Waals surface area contributed by atoms with E-state index in [1.54, 1.807) is 6.07 Å². The van der Waals surface area contributed by atoms with E-state index in [0.29, 0.717) is 0 Å². The van der Waals surface area contributed by atoms with Gasteiger partial charge in [-0.3, -0.25) is 4.79 Å². The molecule has 116 valence electrons. The molecule has 1 saturated heterocycles. The van der Waals surface area contributed by atoms with Crippen molar-refractivity contribution < 1.29 is 17.9 Å². The van der Waals surface area contributed by atoms with E-state index in [1.165, 1.54) is 26.3 Å². The standard InChI is InChI=1S/C13H19N3O4S/c1-14-21(18,19)12-7-9(3-4-11(12)20-2)13(17)16-10-5-6-15-8-10/h3-4,7,10,14-15H,5-6,8H2,1-2H3,(H,16,17). The molecule has 1 unspecified atom stereocenters. The van der Waals surface area contributed by atoms with Crippen LogP contribution in [0.3, 0.4) is 0 Å². The van der Waals surface area contributed by atoms with Gasteiger partial charge in [-0.15, -0.1) is 0 Å². The van der Waals surface area contributed by atoms with Crippen LogP contribution in [0.5, 0.6) is 5.75 Å². The number of sulfonamides is 1. The van der Waals surface area contributed by atoms with Gasteiger partial charge in [-0.25, -0.2) is 13.1 Å². The third-order valence-electron chi connectivity index (χ3n) is 3.38. The van der Waals surface area contributed by atoms with Crippen molar-refractivity contribution in [1.29, 1.82) is 0 Å². The Morgan fingerprint density at radius 1 is 1.43 bits per heavy atom. The SMILES string of the molecule is CNS(=O)(=O)c1cc(C(=O)NC2CCNC2)ccc1OC. The summed E-state index contributed by atoms with van der Waals surface area (Å²) in [4.78, 5) is 12.1. The molecule has 0 spiro atoms. The van der Waals surface area contributed by atoms with Gasteiger partial charge >= 0.3 is 0 Å². The van der Waals surface area contributed by atoms with Crippen molar-refractivity contribution in [2.45, 2.75) is 17.4 Å². The average Bonchev–Trinajstić information content (AvgIpc) is 2.99. The zero-order valence-corrected chi connectivity index (χ0v) is 12.8. The Balaban J connectivity index is 2.28. The first-order valence-electron chi connectivity index (χ1n) is 6.61. The third kappa shape index (κ3) is 3.52. The van der Waals surface area contributed by atoms with Crippen LogP contribution in [0.15, 0.2) is 23.1 Å². The second-order valence-corrected chi connectivity index (χ2v) is 6.59. The van der Waals surface area contributed by atoms with Gasteiger partial charge in [-0.2, -0.15) is 0 Å². The first-order valence-corrected chi connectivity index (χ1v) is 8.09. The van der Waals surface area contributed by atoms with Gasteiger partial charge in [0.05, 0.1) is 7.11 Å². The summed E-state index contributed by atoms with van der Waals surface area (Å²) in [5.41, 5.74) is 0.288. The summed E-state index contributed by atoms with van der Waals surface area (Å²) in [6, 6.07) is 4.42. The van der Waals surface area contributed by atoms with Gasteiger partial charge in [0.15, 0.2) is 0 Å². The molecule has 21 heavy (non-hydrogen) atoms. The van der Waals surface area contributed by atoms with Crippen LogP contribution in [-0.2, 0) is 10.0 Å². The third-order valence-corrected chi connectivity index (χ3v) is 4.82.